The quantitative estimate of drug-likeness (QED) is 0.803. The number of halogens is 3. The van der Waals surface area contributed by atoms with Crippen molar-refractivity contribution >= 4 is 23.4 Å². The molecule has 0 aliphatic carbocycles. The molecule has 100 valence electrons. The Morgan fingerprint density at radius 3 is 2.72 bits per heavy atom. The van der Waals surface area contributed by atoms with E-state index in [4.69, 9.17) is 5.73 Å². The van der Waals surface area contributed by atoms with Crippen molar-refractivity contribution in [3.63, 3.8) is 0 Å². The topological polar surface area (TPSA) is 68.0 Å². The number of hydrogen-bond donors (Lipinski definition) is 2. The van der Waals surface area contributed by atoms with Gasteiger partial charge in [-0.05, 0) is 23.9 Å². The Morgan fingerprint density at radius 2 is 2.17 bits per heavy atom. The highest BCUT2D eigenvalue weighted by atomic mass is 32.2. The van der Waals surface area contributed by atoms with Crippen LogP contribution in [0.15, 0.2) is 18.3 Å². The molecule has 0 fully saturated rings. The number of carbonyl (C=O) groups is 1. The van der Waals surface area contributed by atoms with Gasteiger partial charge in [0.2, 0.25) is 5.91 Å². The van der Waals surface area contributed by atoms with Crippen LogP contribution in [0.2, 0.25) is 0 Å². The second-order valence-electron chi connectivity index (χ2n) is 3.40. The first-order valence-corrected chi connectivity index (χ1v) is 6.03. The molecule has 0 spiro atoms. The van der Waals surface area contributed by atoms with Gasteiger partial charge in [0.15, 0.2) is 0 Å². The summed E-state index contributed by atoms with van der Waals surface area (Å²) in [5.74, 6) is -0.570. The highest BCUT2D eigenvalue weighted by Crippen LogP contribution is 2.29. The van der Waals surface area contributed by atoms with Crippen LogP contribution in [0.1, 0.15) is 5.69 Å². The van der Waals surface area contributed by atoms with Crippen molar-refractivity contribution in [2.45, 2.75) is 11.9 Å². The van der Waals surface area contributed by atoms with Gasteiger partial charge in [-0.25, -0.2) is 0 Å². The molecule has 0 radical (unpaired) electrons. The molecule has 0 bridgehead atoms. The molecule has 0 aliphatic rings. The minimum absolute atomic E-state index is 0.0248. The summed E-state index contributed by atoms with van der Waals surface area (Å²) < 4.78 is 35.4. The maximum Gasteiger partial charge on any atom is 0.441 e. The number of hydrogen-bond acceptors (Lipinski definition) is 4. The van der Waals surface area contributed by atoms with E-state index in [1.165, 1.54) is 6.20 Å². The number of nitrogens with zero attached hydrogens (tertiary/aromatic N) is 1. The number of anilines is 1. The molecule has 0 saturated heterocycles. The minimum Gasteiger partial charge on any atom is -0.397 e. The Bertz CT molecular complexity index is 394. The Kier molecular flexibility index (Phi) is 5.26. The van der Waals surface area contributed by atoms with E-state index in [2.05, 4.69) is 10.3 Å². The van der Waals surface area contributed by atoms with Crippen LogP contribution in [0.3, 0.4) is 0 Å². The molecule has 8 heteroatoms. The molecule has 0 atom stereocenters. The SMILES string of the molecule is Nc1ccc(CC(=O)NCCSC(F)(F)F)nc1. The zero-order chi connectivity index (χ0) is 13.6. The third kappa shape index (κ3) is 6.33. The lowest BCUT2D eigenvalue weighted by molar-refractivity contribution is -0.120. The van der Waals surface area contributed by atoms with Crippen LogP contribution in [0, 0.1) is 0 Å². The van der Waals surface area contributed by atoms with Crippen LogP contribution in [0.4, 0.5) is 18.9 Å². The predicted molar refractivity (Wildman–Crippen MR) is 63.9 cm³/mol. The van der Waals surface area contributed by atoms with Gasteiger partial charge in [-0.15, -0.1) is 0 Å². The van der Waals surface area contributed by atoms with Gasteiger partial charge >= 0.3 is 5.51 Å². The second kappa shape index (κ2) is 6.48. The monoisotopic (exact) mass is 279 g/mol. The number of nitrogens with one attached hydrogen (secondary N) is 1. The van der Waals surface area contributed by atoms with E-state index in [-0.39, 0.29) is 36.4 Å². The van der Waals surface area contributed by atoms with Gasteiger partial charge in [0, 0.05) is 18.0 Å². The minimum atomic E-state index is -4.26. The van der Waals surface area contributed by atoms with Crippen molar-refractivity contribution in [3.05, 3.63) is 24.0 Å². The van der Waals surface area contributed by atoms with Gasteiger partial charge < -0.3 is 11.1 Å². The predicted octanol–water partition coefficient (Wildman–Crippen LogP) is 1.58. The summed E-state index contributed by atoms with van der Waals surface area (Å²) in [7, 11) is 0. The van der Waals surface area contributed by atoms with E-state index in [0.717, 1.165) is 0 Å². The summed E-state index contributed by atoms with van der Waals surface area (Å²) in [5, 5.41) is 2.39. The van der Waals surface area contributed by atoms with Crippen LogP contribution in [-0.2, 0) is 11.2 Å². The number of rotatable bonds is 5. The average Bonchev–Trinajstić information content (AvgIpc) is 2.26. The van der Waals surface area contributed by atoms with Gasteiger partial charge in [0.05, 0.1) is 18.3 Å². The van der Waals surface area contributed by atoms with Crippen molar-refractivity contribution in [2.75, 3.05) is 18.0 Å². The molecule has 18 heavy (non-hydrogen) atoms. The van der Waals surface area contributed by atoms with E-state index in [1.54, 1.807) is 12.1 Å². The second-order valence-corrected chi connectivity index (χ2v) is 4.56. The van der Waals surface area contributed by atoms with Gasteiger partial charge in [-0.1, -0.05) is 0 Å². The molecule has 0 aliphatic heterocycles. The Labute approximate surface area is 106 Å². The summed E-state index contributed by atoms with van der Waals surface area (Å²) in [6, 6.07) is 3.20. The Balaban J connectivity index is 2.24. The molecular formula is C10H12F3N3OS. The molecular weight excluding hydrogens is 267 g/mol. The third-order valence-corrected chi connectivity index (χ3v) is 2.61. The maximum atomic E-state index is 11.8. The van der Waals surface area contributed by atoms with E-state index >= 15 is 0 Å². The molecule has 1 rings (SSSR count). The number of thioether (sulfide) groups is 1. The maximum absolute atomic E-state index is 11.8. The van der Waals surface area contributed by atoms with Crippen LogP contribution in [0.25, 0.3) is 0 Å². The van der Waals surface area contributed by atoms with Crippen molar-refractivity contribution in [2.24, 2.45) is 0 Å². The van der Waals surface area contributed by atoms with Crippen molar-refractivity contribution in [3.8, 4) is 0 Å². The number of nitrogen functional groups attached to an aromatic ring is 1. The molecule has 0 unspecified atom stereocenters. The fourth-order valence-corrected chi connectivity index (χ4v) is 1.56. The average molecular weight is 279 g/mol. The van der Waals surface area contributed by atoms with Crippen molar-refractivity contribution in [1.82, 2.24) is 10.3 Å². The van der Waals surface area contributed by atoms with Crippen LogP contribution < -0.4 is 11.1 Å². The summed E-state index contributed by atoms with van der Waals surface area (Å²) >= 11 is -0.163. The van der Waals surface area contributed by atoms with E-state index < -0.39 is 5.51 Å². The first-order chi connectivity index (χ1) is 8.37. The summed E-state index contributed by atoms with van der Waals surface area (Å²) in [6.45, 7) is -0.0298. The summed E-state index contributed by atoms with van der Waals surface area (Å²) in [5.41, 5.74) is 2.17. The molecule has 0 saturated carbocycles. The number of pyridine rings is 1. The fraction of sp³-hybridized carbons (Fsp3) is 0.400. The summed E-state index contributed by atoms with van der Waals surface area (Å²) in [4.78, 5) is 15.3. The normalized spacial score (nSPS) is 11.3. The lowest BCUT2D eigenvalue weighted by Gasteiger charge is -2.07. The van der Waals surface area contributed by atoms with Crippen LogP contribution in [-0.4, -0.2) is 28.7 Å². The van der Waals surface area contributed by atoms with Crippen LogP contribution in [0.5, 0.6) is 0 Å². The van der Waals surface area contributed by atoms with Crippen molar-refractivity contribution < 1.29 is 18.0 Å². The molecule has 1 heterocycles. The first kappa shape index (κ1) is 14.6. The van der Waals surface area contributed by atoms with Gasteiger partial charge in [0.1, 0.15) is 0 Å². The zero-order valence-electron chi connectivity index (χ0n) is 9.33. The van der Waals surface area contributed by atoms with E-state index in [1.807, 2.05) is 0 Å². The third-order valence-electron chi connectivity index (χ3n) is 1.88. The Hall–Kier alpha value is -1.44. The number of amides is 1. The molecule has 1 aromatic rings. The molecule has 0 aromatic carbocycles. The largest absolute Gasteiger partial charge is 0.441 e. The zero-order valence-corrected chi connectivity index (χ0v) is 10.1. The van der Waals surface area contributed by atoms with E-state index in [0.29, 0.717) is 11.4 Å². The first-order valence-electron chi connectivity index (χ1n) is 5.04. The number of aromatic nitrogens is 1. The lowest BCUT2D eigenvalue weighted by atomic mass is 10.2. The van der Waals surface area contributed by atoms with Crippen molar-refractivity contribution in [1.29, 1.82) is 0 Å². The number of nitrogens with two attached hydrogens (primary N) is 1. The van der Waals surface area contributed by atoms with Gasteiger partial charge in [-0.2, -0.15) is 13.2 Å². The summed E-state index contributed by atoms with van der Waals surface area (Å²) in [6.07, 6.45) is 1.44. The lowest BCUT2D eigenvalue weighted by Crippen LogP contribution is -2.28. The Morgan fingerprint density at radius 1 is 1.44 bits per heavy atom. The fourth-order valence-electron chi connectivity index (χ4n) is 1.12. The van der Waals surface area contributed by atoms with Gasteiger partial charge in [-0.3, -0.25) is 9.78 Å². The molecule has 4 nitrogen and oxygen atoms in total. The van der Waals surface area contributed by atoms with Crippen LogP contribution >= 0.6 is 11.8 Å². The highest BCUT2D eigenvalue weighted by Gasteiger charge is 2.27. The molecule has 1 aromatic heterocycles. The standard InChI is InChI=1S/C10H12F3N3OS/c11-10(12,13)18-4-3-15-9(17)5-8-2-1-7(14)6-16-8/h1-2,6H,3-5,14H2,(H,15,17). The van der Waals surface area contributed by atoms with E-state index in [9.17, 15) is 18.0 Å². The molecule has 1 amide bonds. The number of carbonyl (C=O) groups excluding carboxylic acids is 1. The smallest absolute Gasteiger partial charge is 0.397 e. The number of alkyl halides is 3. The molecule has 3 N–H and O–H groups in total. The highest BCUT2D eigenvalue weighted by molar-refractivity contribution is 8.00. The van der Waals surface area contributed by atoms with Gasteiger partial charge in [0.25, 0.3) is 0 Å².